The second kappa shape index (κ2) is 5.29. The number of ether oxygens (including phenoxy) is 1. The summed E-state index contributed by atoms with van der Waals surface area (Å²) in [5.74, 6) is -0.0563. The quantitative estimate of drug-likeness (QED) is 0.843. The fourth-order valence-electron chi connectivity index (χ4n) is 1.97. The molecule has 1 unspecified atom stereocenters. The monoisotopic (exact) mass is 235 g/mol. The summed E-state index contributed by atoms with van der Waals surface area (Å²) in [4.78, 5) is 13.7. The molecule has 0 aromatic heterocycles. The molecule has 92 valence electrons. The van der Waals surface area contributed by atoms with Crippen LogP contribution in [0, 0.1) is 0 Å². The molecule has 0 bridgehead atoms. The molecule has 17 heavy (non-hydrogen) atoms. The lowest BCUT2D eigenvalue weighted by Crippen LogP contribution is -2.53. The molecule has 1 heterocycles. The van der Waals surface area contributed by atoms with Crippen molar-refractivity contribution in [2.24, 2.45) is 0 Å². The summed E-state index contributed by atoms with van der Waals surface area (Å²) in [6.07, 6.45) is -0.415. The smallest absolute Gasteiger partial charge is 0.252 e. The number of carbonyl (C=O) groups excluding carboxylic acids is 1. The highest BCUT2D eigenvalue weighted by molar-refractivity contribution is 5.81. The highest BCUT2D eigenvalue weighted by Gasteiger charge is 2.33. The van der Waals surface area contributed by atoms with E-state index in [-0.39, 0.29) is 18.6 Å². The summed E-state index contributed by atoms with van der Waals surface area (Å²) >= 11 is 0. The van der Waals surface area contributed by atoms with E-state index in [1.54, 1.807) is 11.8 Å². The van der Waals surface area contributed by atoms with Crippen LogP contribution in [0.3, 0.4) is 0 Å². The summed E-state index contributed by atoms with van der Waals surface area (Å²) in [7, 11) is 0. The van der Waals surface area contributed by atoms with Gasteiger partial charge in [0.1, 0.15) is 6.10 Å². The van der Waals surface area contributed by atoms with Gasteiger partial charge in [-0.3, -0.25) is 4.79 Å². The Labute approximate surface area is 101 Å². The topological polar surface area (TPSA) is 49.8 Å². The van der Waals surface area contributed by atoms with Gasteiger partial charge in [-0.25, -0.2) is 0 Å². The van der Waals surface area contributed by atoms with Gasteiger partial charge in [0.25, 0.3) is 5.91 Å². The van der Waals surface area contributed by atoms with Crippen molar-refractivity contribution in [1.29, 1.82) is 0 Å². The van der Waals surface area contributed by atoms with Gasteiger partial charge in [0.2, 0.25) is 0 Å². The van der Waals surface area contributed by atoms with Gasteiger partial charge < -0.3 is 14.7 Å². The third-order valence-electron chi connectivity index (χ3n) is 3.02. The number of hydrogen-bond donors (Lipinski definition) is 1. The predicted octanol–water partition coefficient (Wildman–Crippen LogP) is 0.795. The normalized spacial score (nSPS) is 25.1. The Morgan fingerprint density at radius 3 is 2.76 bits per heavy atom. The molecule has 1 aromatic carbocycles. The highest BCUT2D eigenvalue weighted by Crippen LogP contribution is 2.16. The lowest BCUT2D eigenvalue weighted by molar-refractivity contribution is -0.160. The van der Waals surface area contributed by atoms with E-state index in [4.69, 9.17) is 4.74 Å². The van der Waals surface area contributed by atoms with E-state index >= 15 is 0 Å². The van der Waals surface area contributed by atoms with Crippen LogP contribution in [0.5, 0.6) is 0 Å². The van der Waals surface area contributed by atoms with E-state index in [0.29, 0.717) is 13.2 Å². The third kappa shape index (κ3) is 2.65. The molecule has 1 N–H and O–H groups in total. The maximum Gasteiger partial charge on any atom is 0.252 e. The SMILES string of the molecule is C[C@@H]1OCC(CO)N(Cc2ccccc2)C1=O. The van der Waals surface area contributed by atoms with Crippen LogP contribution in [0.4, 0.5) is 0 Å². The Bertz CT molecular complexity index is 380. The summed E-state index contributed by atoms with van der Waals surface area (Å²) in [5, 5.41) is 9.27. The van der Waals surface area contributed by atoms with E-state index in [9.17, 15) is 9.90 Å². The number of morpholine rings is 1. The van der Waals surface area contributed by atoms with Crippen molar-refractivity contribution >= 4 is 5.91 Å². The van der Waals surface area contributed by atoms with Crippen LogP contribution in [0.15, 0.2) is 30.3 Å². The summed E-state index contributed by atoms with van der Waals surface area (Å²) < 4.78 is 5.31. The Balaban J connectivity index is 2.13. The molecule has 1 aromatic rings. The van der Waals surface area contributed by atoms with Gasteiger partial charge in [-0.05, 0) is 12.5 Å². The zero-order chi connectivity index (χ0) is 12.3. The van der Waals surface area contributed by atoms with Crippen LogP contribution in [-0.2, 0) is 16.1 Å². The van der Waals surface area contributed by atoms with Gasteiger partial charge in [-0.1, -0.05) is 30.3 Å². The average Bonchev–Trinajstić information content (AvgIpc) is 2.37. The van der Waals surface area contributed by atoms with Crippen molar-refractivity contribution in [2.45, 2.75) is 25.6 Å². The van der Waals surface area contributed by atoms with Crippen molar-refractivity contribution in [3.8, 4) is 0 Å². The van der Waals surface area contributed by atoms with Crippen LogP contribution in [0.2, 0.25) is 0 Å². The number of amides is 1. The Kier molecular flexibility index (Phi) is 3.76. The first kappa shape index (κ1) is 12.1. The molecular weight excluding hydrogens is 218 g/mol. The maximum atomic E-state index is 12.0. The number of hydrogen-bond acceptors (Lipinski definition) is 3. The second-order valence-electron chi connectivity index (χ2n) is 4.26. The lowest BCUT2D eigenvalue weighted by Gasteiger charge is -2.37. The number of aliphatic hydroxyl groups is 1. The van der Waals surface area contributed by atoms with E-state index in [1.807, 2.05) is 30.3 Å². The van der Waals surface area contributed by atoms with Crippen LogP contribution in [0.1, 0.15) is 12.5 Å². The number of rotatable bonds is 3. The molecule has 1 saturated heterocycles. The van der Waals surface area contributed by atoms with Crippen molar-refractivity contribution < 1.29 is 14.6 Å². The molecule has 0 radical (unpaired) electrons. The predicted molar refractivity (Wildman–Crippen MR) is 63.3 cm³/mol. The molecule has 2 atom stereocenters. The number of carbonyl (C=O) groups is 1. The number of aliphatic hydroxyl groups excluding tert-OH is 1. The molecule has 1 aliphatic rings. The minimum absolute atomic E-state index is 0.0563. The minimum Gasteiger partial charge on any atom is -0.394 e. The van der Waals surface area contributed by atoms with Gasteiger partial charge in [-0.15, -0.1) is 0 Å². The molecule has 0 spiro atoms. The van der Waals surface area contributed by atoms with Crippen LogP contribution in [-0.4, -0.2) is 41.3 Å². The first-order chi connectivity index (χ1) is 8.22. The summed E-state index contributed by atoms with van der Waals surface area (Å²) in [6.45, 7) is 2.61. The Morgan fingerprint density at radius 1 is 1.41 bits per heavy atom. The van der Waals surface area contributed by atoms with E-state index in [0.717, 1.165) is 5.56 Å². The van der Waals surface area contributed by atoms with Gasteiger partial charge in [-0.2, -0.15) is 0 Å². The van der Waals surface area contributed by atoms with E-state index in [1.165, 1.54) is 0 Å². The first-order valence-corrected chi connectivity index (χ1v) is 5.79. The highest BCUT2D eigenvalue weighted by atomic mass is 16.5. The molecule has 1 aliphatic heterocycles. The molecule has 0 saturated carbocycles. The van der Waals surface area contributed by atoms with Crippen molar-refractivity contribution in [3.05, 3.63) is 35.9 Å². The fourth-order valence-corrected chi connectivity index (χ4v) is 1.97. The average molecular weight is 235 g/mol. The lowest BCUT2D eigenvalue weighted by atomic mass is 10.1. The molecule has 4 heteroatoms. The van der Waals surface area contributed by atoms with Crippen LogP contribution in [0.25, 0.3) is 0 Å². The van der Waals surface area contributed by atoms with Gasteiger partial charge in [0.05, 0.1) is 19.3 Å². The van der Waals surface area contributed by atoms with Crippen molar-refractivity contribution in [1.82, 2.24) is 4.90 Å². The Morgan fingerprint density at radius 2 is 2.12 bits per heavy atom. The number of nitrogens with zero attached hydrogens (tertiary/aromatic N) is 1. The standard InChI is InChI=1S/C13H17NO3/c1-10-13(16)14(12(8-15)9-17-10)7-11-5-3-2-4-6-11/h2-6,10,12,15H,7-9H2,1H3/t10-,12?/m0/s1. The molecule has 4 nitrogen and oxygen atoms in total. The molecule has 1 amide bonds. The summed E-state index contributed by atoms with van der Waals surface area (Å²) in [6, 6.07) is 9.54. The molecular formula is C13H17NO3. The van der Waals surface area contributed by atoms with Crippen molar-refractivity contribution in [2.75, 3.05) is 13.2 Å². The third-order valence-corrected chi connectivity index (χ3v) is 3.02. The zero-order valence-electron chi connectivity index (χ0n) is 9.87. The maximum absolute atomic E-state index is 12.0. The molecule has 1 fully saturated rings. The minimum atomic E-state index is -0.415. The van der Waals surface area contributed by atoms with Crippen LogP contribution < -0.4 is 0 Å². The Hall–Kier alpha value is -1.39. The van der Waals surface area contributed by atoms with Crippen molar-refractivity contribution in [3.63, 3.8) is 0 Å². The largest absolute Gasteiger partial charge is 0.394 e. The fraction of sp³-hybridized carbons (Fsp3) is 0.462. The molecule has 2 rings (SSSR count). The number of benzene rings is 1. The molecule has 0 aliphatic carbocycles. The second-order valence-corrected chi connectivity index (χ2v) is 4.26. The summed E-state index contributed by atoms with van der Waals surface area (Å²) in [5.41, 5.74) is 1.06. The van der Waals surface area contributed by atoms with E-state index in [2.05, 4.69) is 0 Å². The zero-order valence-corrected chi connectivity index (χ0v) is 9.87. The van der Waals surface area contributed by atoms with E-state index < -0.39 is 6.10 Å². The van der Waals surface area contributed by atoms with Gasteiger partial charge in [0, 0.05) is 6.54 Å². The van der Waals surface area contributed by atoms with Crippen LogP contribution >= 0.6 is 0 Å². The van der Waals surface area contributed by atoms with Gasteiger partial charge >= 0.3 is 0 Å². The van der Waals surface area contributed by atoms with Gasteiger partial charge in [0.15, 0.2) is 0 Å². The first-order valence-electron chi connectivity index (χ1n) is 5.79.